The van der Waals surface area contributed by atoms with E-state index in [0.717, 1.165) is 26.3 Å². The van der Waals surface area contributed by atoms with Crippen LogP contribution in [0.3, 0.4) is 0 Å². The smallest absolute Gasteiger partial charge is 0.0506 e. The van der Waals surface area contributed by atoms with Gasteiger partial charge in [0.05, 0.1) is 6.61 Å². The van der Waals surface area contributed by atoms with E-state index in [9.17, 15) is 0 Å². The van der Waals surface area contributed by atoms with Gasteiger partial charge in [0.1, 0.15) is 0 Å². The zero-order chi connectivity index (χ0) is 13.5. The summed E-state index contributed by atoms with van der Waals surface area (Å²) in [6, 6.07) is 11.1. The summed E-state index contributed by atoms with van der Waals surface area (Å²) in [5, 5.41) is 3.41. The Morgan fingerprint density at radius 2 is 2.16 bits per heavy atom. The fourth-order valence-electron chi connectivity index (χ4n) is 2.83. The number of likely N-dealkylation sites (N-methyl/N-ethyl adjacent to an activating group) is 2. The minimum Gasteiger partial charge on any atom is -0.381 e. The van der Waals surface area contributed by atoms with E-state index in [0.29, 0.717) is 12.0 Å². The lowest BCUT2D eigenvalue weighted by atomic mass is 10.0. The van der Waals surface area contributed by atoms with Crippen molar-refractivity contribution in [2.45, 2.75) is 18.9 Å². The largest absolute Gasteiger partial charge is 0.381 e. The van der Waals surface area contributed by atoms with Gasteiger partial charge in [-0.25, -0.2) is 0 Å². The van der Waals surface area contributed by atoms with Gasteiger partial charge in [0.2, 0.25) is 0 Å². The summed E-state index contributed by atoms with van der Waals surface area (Å²) in [5.41, 5.74) is 1.36. The van der Waals surface area contributed by atoms with Crippen LogP contribution in [0, 0.1) is 5.92 Å². The molecule has 3 nitrogen and oxygen atoms in total. The van der Waals surface area contributed by atoms with Crippen LogP contribution in [0.25, 0.3) is 0 Å². The number of ether oxygens (including phenoxy) is 1. The van der Waals surface area contributed by atoms with Gasteiger partial charge in [0, 0.05) is 25.7 Å². The lowest BCUT2D eigenvalue weighted by Crippen LogP contribution is -2.36. The Hall–Kier alpha value is -0.900. The monoisotopic (exact) mass is 262 g/mol. The highest BCUT2D eigenvalue weighted by Crippen LogP contribution is 2.17. The molecule has 3 heteroatoms. The van der Waals surface area contributed by atoms with Crippen molar-refractivity contribution in [1.82, 2.24) is 10.2 Å². The molecule has 2 atom stereocenters. The number of nitrogens with one attached hydrogen (secondary N) is 1. The zero-order valence-electron chi connectivity index (χ0n) is 12.1. The van der Waals surface area contributed by atoms with Crippen LogP contribution in [0.2, 0.25) is 0 Å². The van der Waals surface area contributed by atoms with Crippen molar-refractivity contribution in [2.75, 3.05) is 40.4 Å². The van der Waals surface area contributed by atoms with E-state index in [4.69, 9.17) is 4.74 Å². The van der Waals surface area contributed by atoms with Crippen LogP contribution in [0.1, 0.15) is 24.4 Å². The summed E-state index contributed by atoms with van der Waals surface area (Å²) in [6.07, 6.45) is 2.52. The fraction of sp³-hybridized carbons (Fsp3) is 0.625. The fourth-order valence-corrected chi connectivity index (χ4v) is 2.83. The van der Waals surface area contributed by atoms with Gasteiger partial charge in [-0.2, -0.15) is 0 Å². The molecular formula is C16H26N2O. The molecule has 0 bridgehead atoms. The van der Waals surface area contributed by atoms with Crippen LogP contribution in [0.4, 0.5) is 0 Å². The lowest BCUT2D eigenvalue weighted by molar-refractivity contribution is 0.0410. The predicted octanol–water partition coefficient (Wildman–Crippen LogP) is 2.31. The highest BCUT2D eigenvalue weighted by atomic mass is 16.5. The second-order valence-corrected chi connectivity index (χ2v) is 5.56. The standard InChI is InChI=1S/C16H26N2O/c1-17-16(15-8-4-3-5-9-15)12-18(2)11-14-7-6-10-19-13-14/h3-5,8-9,14,16-17H,6-7,10-13H2,1-2H3. The molecule has 1 fully saturated rings. The number of hydrogen-bond donors (Lipinski definition) is 1. The summed E-state index contributed by atoms with van der Waals surface area (Å²) < 4.78 is 5.56. The van der Waals surface area contributed by atoms with Crippen molar-refractivity contribution in [2.24, 2.45) is 5.92 Å². The Balaban J connectivity index is 1.84. The van der Waals surface area contributed by atoms with Gasteiger partial charge in [0.25, 0.3) is 0 Å². The van der Waals surface area contributed by atoms with Crippen LogP contribution in [0.15, 0.2) is 30.3 Å². The van der Waals surface area contributed by atoms with E-state index in [1.54, 1.807) is 0 Å². The summed E-state index contributed by atoms with van der Waals surface area (Å²) in [7, 11) is 4.25. The maximum Gasteiger partial charge on any atom is 0.0506 e. The maximum absolute atomic E-state index is 5.56. The van der Waals surface area contributed by atoms with Crippen molar-refractivity contribution >= 4 is 0 Å². The Kier molecular flexibility index (Phi) is 5.83. The third-order valence-electron chi connectivity index (χ3n) is 3.87. The first-order valence-electron chi connectivity index (χ1n) is 7.28. The average molecular weight is 262 g/mol. The van der Waals surface area contributed by atoms with Crippen molar-refractivity contribution in [3.8, 4) is 0 Å². The topological polar surface area (TPSA) is 24.5 Å². The highest BCUT2D eigenvalue weighted by Gasteiger charge is 2.18. The Labute approximate surface area is 116 Å². The molecule has 0 aromatic heterocycles. The summed E-state index contributed by atoms with van der Waals surface area (Å²) >= 11 is 0. The minimum absolute atomic E-state index is 0.399. The van der Waals surface area contributed by atoms with Gasteiger partial charge >= 0.3 is 0 Å². The van der Waals surface area contributed by atoms with Crippen LogP contribution < -0.4 is 5.32 Å². The molecule has 0 saturated carbocycles. The van der Waals surface area contributed by atoms with Gasteiger partial charge in [-0.05, 0) is 38.4 Å². The van der Waals surface area contributed by atoms with Gasteiger partial charge in [-0.15, -0.1) is 0 Å². The first-order valence-corrected chi connectivity index (χ1v) is 7.28. The molecule has 2 rings (SSSR count). The summed E-state index contributed by atoms with van der Waals surface area (Å²) in [4.78, 5) is 2.42. The Morgan fingerprint density at radius 1 is 1.37 bits per heavy atom. The van der Waals surface area contributed by atoms with E-state index in [1.807, 2.05) is 7.05 Å². The molecule has 0 amide bonds. The predicted molar refractivity (Wildman–Crippen MR) is 79.3 cm³/mol. The maximum atomic E-state index is 5.56. The van der Waals surface area contributed by atoms with Crippen molar-refractivity contribution in [3.63, 3.8) is 0 Å². The molecule has 1 N–H and O–H groups in total. The van der Waals surface area contributed by atoms with Crippen LogP contribution in [0.5, 0.6) is 0 Å². The van der Waals surface area contributed by atoms with E-state index < -0.39 is 0 Å². The first kappa shape index (κ1) is 14.5. The Morgan fingerprint density at radius 3 is 2.79 bits per heavy atom. The van der Waals surface area contributed by atoms with E-state index in [-0.39, 0.29) is 0 Å². The molecule has 1 heterocycles. The molecule has 0 spiro atoms. The molecule has 1 saturated heterocycles. The Bertz CT molecular complexity index is 349. The number of rotatable bonds is 6. The number of benzene rings is 1. The first-order chi connectivity index (χ1) is 9.29. The molecule has 0 radical (unpaired) electrons. The molecule has 0 aliphatic carbocycles. The van der Waals surface area contributed by atoms with Crippen molar-refractivity contribution in [3.05, 3.63) is 35.9 Å². The summed E-state index contributed by atoms with van der Waals surface area (Å²) in [6.45, 7) is 4.05. The van der Waals surface area contributed by atoms with E-state index in [2.05, 4.69) is 47.6 Å². The normalized spacial score (nSPS) is 21.5. The van der Waals surface area contributed by atoms with E-state index >= 15 is 0 Å². The quantitative estimate of drug-likeness (QED) is 0.851. The van der Waals surface area contributed by atoms with Crippen LogP contribution in [-0.2, 0) is 4.74 Å². The summed E-state index contributed by atoms with van der Waals surface area (Å²) in [5.74, 6) is 0.701. The third kappa shape index (κ3) is 4.60. The molecule has 1 aromatic carbocycles. The second-order valence-electron chi connectivity index (χ2n) is 5.56. The minimum atomic E-state index is 0.399. The highest BCUT2D eigenvalue weighted by molar-refractivity contribution is 5.19. The molecule has 19 heavy (non-hydrogen) atoms. The van der Waals surface area contributed by atoms with Crippen LogP contribution >= 0.6 is 0 Å². The van der Waals surface area contributed by atoms with Crippen molar-refractivity contribution in [1.29, 1.82) is 0 Å². The van der Waals surface area contributed by atoms with Gasteiger partial charge < -0.3 is 15.0 Å². The second kappa shape index (κ2) is 7.63. The average Bonchev–Trinajstić information content (AvgIpc) is 2.47. The van der Waals surface area contributed by atoms with Crippen molar-refractivity contribution < 1.29 is 4.74 Å². The number of nitrogens with zero attached hydrogens (tertiary/aromatic N) is 1. The zero-order valence-corrected chi connectivity index (χ0v) is 12.1. The SMILES string of the molecule is CNC(CN(C)CC1CCCOC1)c1ccccc1. The van der Waals surface area contributed by atoms with E-state index in [1.165, 1.54) is 18.4 Å². The molecule has 106 valence electrons. The lowest BCUT2D eigenvalue weighted by Gasteiger charge is -2.29. The molecular weight excluding hydrogens is 236 g/mol. The third-order valence-corrected chi connectivity index (χ3v) is 3.87. The molecule has 1 aliphatic heterocycles. The number of hydrogen-bond acceptors (Lipinski definition) is 3. The molecule has 2 unspecified atom stereocenters. The van der Waals surface area contributed by atoms with Gasteiger partial charge in [-0.3, -0.25) is 0 Å². The van der Waals surface area contributed by atoms with Gasteiger partial charge in [-0.1, -0.05) is 30.3 Å². The molecule has 1 aliphatic rings. The molecule has 1 aromatic rings. The van der Waals surface area contributed by atoms with Crippen LogP contribution in [-0.4, -0.2) is 45.3 Å². The van der Waals surface area contributed by atoms with Gasteiger partial charge in [0.15, 0.2) is 0 Å².